The van der Waals surface area contributed by atoms with Crippen LogP contribution in [0.5, 0.6) is 5.88 Å². The van der Waals surface area contributed by atoms with Gasteiger partial charge in [-0.3, -0.25) is 0 Å². The van der Waals surface area contributed by atoms with Crippen molar-refractivity contribution in [3.05, 3.63) is 24.1 Å². The van der Waals surface area contributed by atoms with Gasteiger partial charge in [-0.2, -0.15) is 0 Å². The zero-order valence-electron chi connectivity index (χ0n) is 9.82. The maximum atomic E-state index is 12.7. The Balaban J connectivity index is 1.93. The van der Waals surface area contributed by atoms with Crippen LogP contribution in [0.1, 0.15) is 33.1 Å². The molecule has 1 unspecified atom stereocenters. The number of hydrogen-bond donors (Lipinski definition) is 0. The van der Waals surface area contributed by atoms with Gasteiger partial charge >= 0.3 is 0 Å². The second-order valence-corrected chi connectivity index (χ2v) is 4.82. The minimum absolute atomic E-state index is 0.240. The molecule has 1 saturated carbocycles. The van der Waals surface area contributed by atoms with Gasteiger partial charge < -0.3 is 4.74 Å². The van der Waals surface area contributed by atoms with Crippen molar-refractivity contribution in [3.8, 4) is 5.88 Å². The van der Waals surface area contributed by atoms with Crippen molar-refractivity contribution in [1.29, 1.82) is 0 Å². The van der Waals surface area contributed by atoms with Crippen LogP contribution >= 0.6 is 0 Å². The molecule has 3 heteroatoms. The summed E-state index contributed by atoms with van der Waals surface area (Å²) in [4.78, 5) is 3.92. The van der Waals surface area contributed by atoms with E-state index in [4.69, 9.17) is 4.74 Å². The van der Waals surface area contributed by atoms with Gasteiger partial charge in [0.1, 0.15) is 11.9 Å². The van der Waals surface area contributed by atoms with Crippen LogP contribution < -0.4 is 4.74 Å². The second kappa shape index (κ2) is 4.81. The first-order valence-corrected chi connectivity index (χ1v) is 5.93. The molecule has 3 atom stereocenters. The van der Waals surface area contributed by atoms with Crippen molar-refractivity contribution in [2.45, 2.75) is 39.2 Å². The molecule has 2 rings (SSSR count). The maximum absolute atomic E-state index is 12.7. The molecular formula is C13H18FNO. The van der Waals surface area contributed by atoms with E-state index in [1.54, 1.807) is 6.07 Å². The molecule has 0 saturated heterocycles. The summed E-state index contributed by atoms with van der Waals surface area (Å²) < 4.78 is 18.4. The van der Waals surface area contributed by atoms with Gasteiger partial charge in [-0.25, -0.2) is 9.37 Å². The average Bonchev–Trinajstić information content (AvgIpc) is 2.27. The maximum Gasteiger partial charge on any atom is 0.213 e. The number of rotatable bonds is 2. The van der Waals surface area contributed by atoms with Crippen molar-refractivity contribution >= 4 is 0 Å². The molecule has 1 heterocycles. The topological polar surface area (TPSA) is 22.1 Å². The van der Waals surface area contributed by atoms with Gasteiger partial charge in [0.05, 0.1) is 6.20 Å². The lowest BCUT2D eigenvalue weighted by atomic mass is 9.80. The SMILES string of the molecule is CC1C[C@@H](Oc2ccc(F)cn2)CC[C@@H]1C. The highest BCUT2D eigenvalue weighted by Crippen LogP contribution is 2.31. The monoisotopic (exact) mass is 223 g/mol. The lowest BCUT2D eigenvalue weighted by molar-refractivity contribution is 0.0963. The molecule has 0 spiro atoms. The minimum atomic E-state index is -0.321. The summed E-state index contributed by atoms with van der Waals surface area (Å²) in [6.07, 6.45) is 4.78. The smallest absolute Gasteiger partial charge is 0.213 e. The van der Waals surface area contributed by atoms with Crippen LogP contribution in [0.2, 0.25) is 0 Å². The first kappa shape index (κ1) is 11.4. The molecule has 88 valence electrons. The highest BCUT2D eigenvalue weighted by Gasteiger charge is 2.25. The molecular weight excluding hydrogens is 205 g/mol. The Morgan fingerprint density at radius 3 is 2.69 bits per heavy atom. The first-order chi connectivity index (χ1) is 7.65. The third-order valence-electron chi connectivity index (χ3n) is 3.54. The third kappa shape index (κ3) is 2.71. The molecule has 1 aromatic rings. The van der Waals surface area contributed by atoms with E-state index in [2.05, 4.69) is 18.8 Å². The standard InChI is InChI=1S/C13H18FNO/c1-9-3-5-12(7-10(9)2)16-13-6-4-11(14)8-15-13/h4,6,8-10,12H,3,5,7H2,1-2H3/t9-,10?,12-/m0/s1. The van der Waals surface area contributed by atoms with E-state index in [0.29, 0.717) is 11.8 Å². The number of pyridine rings is 1. The number of nitrogens with zero attached hydrogens (tertiary/aromatic N) is 1. The fourth-order valence-electron chi connectivity index (χ4n) is 2.21. The quantitative estimate of drug-likeness (QED) is 0.766. The molecule has 0 amide bonds. The molecule has 1 aliphatic rings. The molecule has 2 nitrogen and oxygen atoms in total. The Kier molecular flexibility index (Phi) is 3.42. The van der Waals surface area contributed by atoms with Crippen LogP contribution in [0.4, 0.5) is 4.39 Å². The predicted octanol–water partition coefficient (Wildman–Crippen LogP) is 3.42. The number of ether oxygens (including phenoxy) is 1. The van der Waals surface area contributed by atoms with Crippen molar-refractivity contribution in [1.82, 2.24) is 4.98 Å². The van der Waals surface area contributed by atoms with Crippen molar-refractivity contribution in [2.75, 3.05) is 0 Å². The number of aromatic nitrogens is 1. The Hall–Kier alpha value is -1.12. The first-order valence-electron chi connectivity index (χ1n) is 5.93. The molecule has 0 aromatic carbocycles. The summed E-state index contributed by atoms with van der Waals surface area (Å²) >= 11 is 0. The van der Waals surface area contributed by atoms with E-state index in [9.17, 15) is 4.39 Å². The largest absolute Gasteiger partial charge is 0.474 e. The Labute approximate surface area is 95.8 Å². The van der Waals surface area contributed by atoms with Crippen molar-refractivity contribution in [3.63, 3.8) is 0 Å². The molecule has 1 aromatic heterocycles. The number of halogens is 1. The van der Waals surface area contributed by atoms with E-state index in [1.807, 2.05) is 0 Å². The summed E-state index contributed by atoms with van der Waals surface area (Å²) in [6, 6.07) is 2.98. The summed E-state index contributed by atoms with van der Waals surface area (Å²) in [6.45, 7) is 4.55. The Bertz CT molecular complexity index is 338. The lowest BCUT2D eigenvalue weighted by Crippen LogP contribution is -2.28. The van der Waals surface area contributed by atoms with Gasteiger partial charge in [0.15, 0.2) is 0 Å². The van der Waals surface area contributed by atoms with E-state index in [0.717, 1.165) is 18.8 Å². The summed E-state index contributed by atoms with van der Waals surface area (Å²) in [7, 11) is 0. The molecule has 1 aliphatic carbocycles. The highest BCUT2D eigenvalue weighted by molar-refractivity contribution is 5.11. The van der Waals surface area contributed by atoms with Gasteiger partial charge in [0.2, 0.25) is 5.88 Å². The molecule has 0 N–H and O–H groups in total. The molecule has 0 radical (unpaired) electrons. The fourth-order valence-corrected chi connectivity index (χ4v) is 2.21. The van der Waals surface area contributed by atoms with Gasteiger partial charge in [-0.1, -0.05) is 13.8 Å². The van der Waals surface area contributed by atoms with E-state index in [-0.39, 0.29) is 11.9 Å². The van der Waals surface area contributed by atoms with Crippen LogP contribution in [-0.4, -0.2) is 11.1 Å². The molecule has 0 aliphatic heterocycles. The normalized spacial score (nSPS) is 30.1. The summed E-state index contributed by atoms with van der Waals surface area (Å²) in [5, 5.41) is 0. The van der Waals surface area contributed by atoms with Crippen LogP contribution in [0.25, 0.3) is 0 Å². The van der Waals surface area contributed by atoms with Gasteiger partial charge in [-0.05, 0) is 37.2 Å². The van der Waals surface area contributed by atoms with E-state index >= 15 is 0 Å². The van der Waals surface area contributed by atoms with Crippen LogP contribution in [0.15, 0.2) is 18.3 Å². The van der Waals surface area contributed by atoms with Gasteiger partial charge in [-0.15, -0.1) is 0 Å². The van der Waals surface area contributed by atoms with Crippen LogP contribution in [0.3, 0.4) is 0 Å². The lowest BCUT2D eigenvalue weighted by Gasteiger charge is -2.31. The van der Waals surface area contributed by atoms with E-state index in [1.165, 1.54) is 18.7 Å². The summed E-state index contributed by atoms with van der Waals surface area (Å²) in [5.41, 5.74) is 0. The zero-order chi connectivity index (χ0) is 11.5. The second-order valence-electron chi connectivity index (χ2n) is 4.82. The molecule has 0 bridgehead atoms. The molecule has 16 heavy (non-hydrogen) atoms. The zero-order valence-corrected chi connectivity index (χ0v) is 9.82. The fraction of sp³-hybridized carbons (Fsp3) is 0.615. The van der Waals surface area contributed by atoms with E-state index < -0.39 is 0 Å². The van der Waals surface area contributed by atoms with Crippen LogP contribution in [0, 0.1) is 17.7 Å². The Morgan fingerprint density at radius 1 is 1.25 bits per heavy atom. The highest BCUT2D eigenvalue weighted by atomic mass is 19.1. The number of hydrogen-bond acceptors (Lipinski definition) is 2. The van der Waals surface area contributed by atoms with Crippen molar-refractivity contribution in [2.24, 2.45) is 11.8 Å². The summed E-state index contributed by atoms with van der Waals surface area (Å²) in [5.74, 6) is 1.69. The minimum Gasteiger partial charge on any atom is -0.474 e. The van der Waals surface area contributed by atoms with Gasteiger partial charge in [0.25, 0.3) is 0 Å². The third-order valence-corrected chi connectivity index (χ3v) is 3.54. The Morgan fingerprint density at radius 2 is 2.06 bits per heavy atom. The average molecular weight is 223 g/mol. The predicted molar refractivity (Wildman–Crippen MR) is 60.8 cm³/mol. The van der Waals surface area contributed by atoms with Crippen LogP contribution in [-0.2, 0) is 0 Å². The van der Waals surface area contributed by atoms with Gasteiger partial charge in [0, 0.05) is 6.07 Å². The molecule has 1 fully saturated rings. The van der Waals surface area contributed by atoms with Crippen molar-refractivity contribution < 1.29 is 9.13 Å².